The van der Waals surface area contributed by atoms with Gasteiger partial charge in [0.25, 0.3) is 0 Å². The maximum Gasteiger partial charge on any atom is 0.357 e. The third-order valence-electron chi connectivity index (χ3n) is 3.07. The molecule has 7 nitrogen and oxygen atoms in total. The Kier molecular flexibility index (Phi) is 3.40. The SMILES string of the molecule is CC1(C)OC(=O)C=C(c2cccc(-c3nc(C(=O)O)co3)c2)O1. The summed E-state index contributed by atoms with van der Waals surface area (Å²) in [5.74, 6) is -2.19. The van der Waals surface area contributed by atoms with Crippen LogP contribution in [0.25, 0.3) is 17.2 Å². The molecule has 1 aromatic heterocycles. The summed E-state index contributed by atoms with van der Waals surface area (Å²) in [6, 6.07) is 6.89. The number of rotatable bonds is 3. The smallest absolute Gasteiger partial charge is 0.357 e. The zero-order valence-electron chi connectivity index (χ0n) is 12.4. The van der Waals surface area contributed by atoms with Gasteiger partial charge < -0.3 is 19.0 Å². The normalized spacial score (nSPS) is 16.3. The average Bonchev–Trinajstić information content (AvgIpc) is 2.95. The number of cyclic esters (lactones) is 1. The number of benzene rings is 1. The van der Waals surface area contributed by atoms with Crippen molar-refractivity contribution < 1.29 is 28.6 Å². The van der Waals surface area contributed by atoms with E-state index in [1.165, 1.54) is 6.08 Å². The van der Waals surface area contributed by atoms with E-state index in [0.717, 1.165) is 6.26 Å². The molecule has 1 aliphatic heterocycles. The van der Waals surface area contributed by atoms with E-state index in [-0.39, 0.29) is 11.6 Å². The summed E-state index contributed by atoms with van der Waals surface area (Å²) in [5.41, 5.74) is 1.02. The molecule has 2 heterocycles. The van der Waals surface area contributed by atoms with Crippen molar-refractivity contribution in [1.82, 2.24) is 4.98 Å². The fourth-order valence-corrected chi connectivity index (χ4v) is 2.15. The maximum atomic E-state index is 11.6. The third kappa shape index (κ3) is 3.08. The molecule has 1 N–H and O–H groups in total. The fourth-order valence-electron chi connectivity index (χ4n) is 2.15. The molecule has 0 spiro atoms. The van der Waals surface area contributed by atoms with E-state index in [4.69, 9.17) is 19.0 Å². The van der Waals surface area contributed by atoms with Crippen LogP contribution < -0.4 is 0 Å². The van der Waals surface area contributed by atoms with Gasteiger partial charge in [-0.2, -0.15) is 0 Å². The van der Waals surface area contributed by atoms with Crippen molar-refractivity contribution in [1.29, 1.82) is 0 Å². The minimum absolute atomic E-state index is 0.169. The lowest BCUT2D eigenvalue weighted by Crippen LogP contribution is -2.33. The second kappa shape index (κ2) is 5.28. The number of carboxylic acids is 1. The molecule has 0 fully saturated rings. The van der Waals surface area contributed by atoms with E-state index in [1.807, 2.05) is 0 Å². The van der Waals surface area contributed by atoms with Gasteiger partial charge in [-0.25, -0.2) is 14.6 Å². The van der Waals surface area contributed by atoms with Crippen LogP contribution in [0.15, 0.2) is 41.0 Å². The van der Waals surface area contributed by atoms with Gasteiger partial charge in [-0.05, 0) is 12.1 Å². The average molecular weight is 315 g/mol. The molecular formula is C16H13NO6. The Hall–Kier alpha value is -3.09. The number of carboxylic acid groups (broad SMARTS) is 1. The lowest BCUT2D eigenvalue weighted by atomic mass is 10.1. The van der Waals surface area contributed by atoms with Crippen LogP contribution in [0.5, 0.6) is 0 Å². The molecule has 0 saturated carbocycles. The third-order valence-corrected chi connectivity index (χ3v) is 3.07. The van der Waals surface area contributed by atoms with Crippen molar-refractivity contribution in [3.63, 3.8) is 0 Å². The number of hydrogen-bond acceptors (Lipinski definition) is 6. The first-order chi connectivity index (χ1) is 10.8. The minimum Gasteiger partial charge on any atom is -0.476 e. The molecule has 0 amide bonds. The summed E-state index contributed by atoms with van der Waals surface area (Å²) in [7, 11) is 0. The molecule has 7 heteroatoms. The number of aromatic nitrogens is 1. The summed E-state index contributed by atoms with van der Waals surface area (Å²) < 4.78 is 15.8. The maximum absolute atomic E-state index is 11.6. The topological polar surface area (TPSA) is 98.9 Å². The lowest BCUT2D eigenvalue weighted by Gasteiger charge is -2.30. The highest BCUT2D eigenvalue weighted by atomic mass is 16.7. The molecule has 1 aliphatic rings. The van der Waals surface area contributed by atoms with Crippen LogP contribution in [0.1, 0.15) is 29.9 Å². The van der Waals surface area contributed by atoms with E-state index in [2.05, 4.69) is 4.98 Å². The Morgan fingerprint density at radius 3 is 2.61 bits per heavy atom. The number of ether oxygens (including phenoxy) is 2. The summed E-state index contributed by atoms with van der Waals surface area (Å²) in [4.78, 5) is 26.4. The highest BCUT2D eigenvalue weighted by Gasteiger charge is 2.30. The van der Waals surface area contributed by atoms with E-state index in [1.54, 1.807) is 38.1 Å². The summed E-state index contributed by atoms with van der Waals surface area (Å²) in [6.45, 7) is 3.27. The quantitative estimate of drug-likeness (QED) is 0.869. The van der Waals surface area contributed by atoms with Gasteiger partial charge in [0, 0.05) is 25.0 Å². The molecular weight excluding hydrogens is 302 g/mol. The molecule has 0 atom stereocenters. The first-order valence-electron chi connectivity index (χ1n) is 6.77. The second-order valence-corrected chi connectivity index (χ2v) is 5.36. The molecule has 118 valence electrons. The standard InChI is InChI=1S/C16H13NO6/c1-16(2)22-12(7-13(18)23-16)9-4-3-5-10(6-9)14-17-11(8-21-14)15(19)20/h3-8H,1-2H3,(H,19,20). The number of esters is 1. The molecule has 0 aliphatic carbocycles. The zero-order valence-corrected chi connectivity index (χ0v) is 12.4. The lowest BCUT2D eigenvalue weighted by molar-refractivity contribution is -0.193. The number of carbonyl (C=O) groups is 2. The summed E-state index contributed by atoms with van der Waals surface area (Å²) >= 11 is 0. The van der Waals surface area contributed by atoms with Crippen molar-refractivity contribution in [2.45, 2.75) is 19.6 Å². The first kappa shape index (κ1) is 14.8. The Bertz CT molecular complexity index is 817. The molecule has 0 saturated heterocycles. The van der Waals surface area contributed by atoms with Crippen LogP contribution in [0, 0.1) is 0 Å². The Morgan fingerprint density at radius 2 is 1.96 bits per heavy atom. The molecule has 1 aromatic carbocycles. The van der Waals surface area contributed by atoms with Crippen LogP contribution in [-0.4, -0.2) is 27.8 Å². The van der Waals surface area contributed by atoms with Gasteiger partial charge in [-0.3, -0.25) is 0 Å². The monoisotopic (exact) mass is 315 g/mol. The van der Waals surface area contributed by atoms with Gasteiger partial charge in [0.15, 0.2) is 5.69 Å². The van der Waals surface area contributed by atoms with E-state index < -0.39 is 17.7 Å². The van der Waals surface area contributed by atoms with Crippen molar-refractivity contribution in [3.05, 3.63) is 47.9 Å². The van der Waals surface area contributed by atoms with E-state index >= 15 is 0 Å². The number of hydrogen-bond donors (Lipinski definition) is 1. The predicted molar refractivity (Wildman–Crippen MR) is 78.1 cm³/mol. The zero-order chi connectivity index (χ0) is 16.6. The van der Waals surface area contributed by atoms with Crippen LogP contribution in [0.3, 0.4) is 0 Å². The largest absolute Gasteiger partial charge is 0.476 e. The number of oxazole rings is 1. The van der Waals surface area contributed by atoms with Gasteiger partial charge >= 0.3 is 11.9 Å². The molecule has 0 radical (unpaired) electrons. The number of nitrogens with zero attached hydrogens (tertiary/aromatic N) is 1. The molecule has 3 rings (SSSR count). The summed E-state index contributed by atoms with van der Waals surface area (Å²) in [6.07, 6.45) is 2.32. The van der Waals surface area contributed by atoms with Gasteiger partial charge in [0.05, 0.1) is 6.08 Å². The second-order valence-electron chi connectivity index (χ2n) is 5.36. The highest BCUT2D eigenvalue weighted by Crippen LogP contribution is 2.30. The van der Waals surface area contributed by atoms with Gasteiger partial charge in [-0.1, -0.05) is 12.1 Å². The number of carbonyl (C=O) groups excluding carboxylic acids is 1. The Balaban J connectivity index is 1.96. The predicted octanol–water partition coefficient (Wildman–Crippen LogP) is 2.69. The van der Waals surface area contributed by atoms with E-state index in [0.29, 0.717) is 16.9 Å². The van der Waals surface area contributed by atoms with Crippen molar-refractivity contribution in [2.75, 3.05) is 0 Å². The highest BCUT2D eigenvalue weighted by molar-refractivity contribution is 5.91. The Morgan fingerprint density at radius 1 is 1.22 bits per heavy atom. The molecule has 0 bridgehead atoms. The molecule has 0 unspecified atom stereocenters. The van der Waals surface area contributed by atoms with Crippen LogP contribution in [0.4, 0.5) is 0 Å². The Labute approximate surface area is 131 Å². The van der Waals surface area contributed by atoms with Gasteiger partial charge in [-0.15, -0.1) is 0 Å². The van der Waals surface area contributed by atoms with Gasteiger partial charge in [0.1, 0.15) is 12.0 Å². The van der Waals surface area contributed by atoms with Crippen molar-refractivity contribution >= 4 is 17.7 Å². The van der Waals surface area contributed by atoms with Crippen LogP contribution in [0.2, 0.25) is 0 Å². The van der Waals surface area contributed by atoms with Crippen molar-refractivity contribution in [2.24, 2.45) is 0 Å². The van der Waals surface area contributed by atoms with E-state index in [9.17, 15) is 9.59 Å². The molecule has 23 heavy (non-hydrogen) atoms. The van der Waals surface area contributed by atoms with Gasteiger partial charge in [0.2, 0.25) is 11.7 Å². The summed E-state index contributed by atoms with van der Waals surface area (Å²) in [5, 5.41) is 8.89. The number of aromatic carboxylic acids is 1. The minimum atomic E-state index is -1.17. The first-order valence-corrected chi connectivity index (χ1v) is 6.77. The van der Waals surface area contributed by atoms with Crippen molar-refractivity contribution in [3.8, 4) is 11.5 Å². The molecule has 2 aromatic rings. The van der Waals surface area contributed by atoms with Crippen LogP contribution >= 0.6 is 0 Å². The van der Waals surface area contributed by atoms with Crippen LogP contribution in [-0.2, 0) is 14.3 Å². The fraction of sp³-hybridized carbons (Fsp3) is 0.188.